The fraction of sp³-hybridized carbons (Fsp3) is 0.333. The van der Waals surface area contributed by atoms with Crippen LogP contribution < -0.4 is 21.5 Å². The lowest BCUT2D eigenvalue weighted by atomic mass is 10.2. The van der Waals surface area contributed by atoms with E-state index in [0.717, 1.165) is 29.4 Å². The molecule has 2 aromatic rings. The van der Waals surface area contributed by atoms with Gasteiger partial charge in [-0.3, -0.25) is 14.2 Å². The summed E-state index contributed by atoms with van der Waals surface area (Å²) in [4.78, 5) is 49.8. The summed E-state index contributed by atoms with van der Waals surface area (Å²) < 4.78 is 12.4. The predicted molar refractivity (Wildman–Crippen MR) is 115 cm³/mol. The third kappa shape index (κ3) is 5.70. The molecule has 0 radical (unpaired) electrons. The number of benzene rings is 1. The number of anilines is 2. The third-order valence-electron chi connectivity index (χ3n) is 4.74. The molecule has 1 aliphatic heterocycles. The monoisotopic (exact) mass is 428 g/mol. The van der Waals surface area contributed by atoms with Gasteiger partial charge in [-0.2, -0.15) is 0 Å². The van der Waals surface area contributed by atoms with Crippen LogP contribution >= 0.6 is 0 Å². The van der Waals surface area contributed by atoms with E-state index in [2.05, 4.69) is 10.2 Å². The van der Waals surface area contributed by atoms with Crippen molar-refractivity contribution in [3.8, 4) is 0 Å². The molecule has 10 heteroatoms. The third-order valence-corrected chi connectivity index (χ3v) is 4.74. The number of aryl methyl sites for hydroxylation is 1. The van der Waals surface area contributed by atoms with Gasteiger partial charge in [-0.25, -0.2) is 9.59 Å². The van der Waals surface area contributed by atoms with Crippen molar-refractivity contribution in [2.75, 3.05) is 43.1 Å². The Hall–Kier alpha value is -3.66. The number of nitrogens with zero attached hydrogens (tertiary/aromatic N) is 3. The summed E-state index contributed by atoms with van der Waals surface area (Å²) in [5.74, 6) is -1.27. The topological polar surface area (TPSA) is 112 Å². The highest BCUT2D eigenvalue weighted by atomic mass is 16.5. The van der Waals surface area contributed by atoms with Gasteiger partial charge < -0.3 is 24.3 Å². The van der Waals surface area contributed by atoms with Gasteiger partial charge in [-0.05, 0) is 30.3 Å². The van der Waals surface area contributed by atoms with Crippen molar-refractivity contribution in [3.05, 3.63) is 62.9 Å². The number of esters is 1. The molecule has 1 fully saturated rings. The van der Waals surface area contributed by atoms with Crippen LogP contribution in [-0.2, 0) is 33.2 Å². The maximum absolute atomic E-state index is 12.0. The number of carbonyl (C=O) groups excluding carboxylic acids is 2. The van der Waals surface area contributed by atoms with E-state index in [1.165, 1.54) is 30.9 Å². The molecule has 31 heavy (non-hydrogen) atoms. The van der Waals surface area contributed by atoms with Gasteiger partial charge in [0.05, 0.1) is 18.8 Å². The minimum Gasteiger partial charge on any atom is -0.452 e. The van der Waals surface area contributed by atoms with Gasteiger partial charge >= 0.3 is 11.7 Å². The van der Waals surface area contributed by atoms with Gasteiger partial charge in [-0.1, -0.05) is 0 Å². The highest BCUT2D eigenvalue weighted by molar-refractivity contribution is 5.94. The van der Waals surface area contributed by atoms with E-state index in [1.807, 2.05) is 12.1 Å². The molecule has 0 bridgehead atoms. The van der Waals surface area contributed by atoms with Gasteiger partial charge in [0, 0.05) is 50.8 Å². The van der Waals surface area contributed by atoms with Crippen LogP contribution in [0, 0.1) is 0 Å². The van der Waals surface area contributed by atoms with E-state index in [0.29, 0.717) is 18.9 Å². The second kappa shape index (κ2) is 9.90. The first kappa shape index (κ1) is 22.0. The normalized spacial score (nSPS) is 13.9. The zero-order valence-electron chi connectivity index (χ0n) is 17.4. The van der Waals surface area contributed by atoms with Gasteiger partial charge in [0.25, 0.3) is 11.5 Å². The van der Waals surface area contributed by atoms with E-state index in [9.17, 15) is 19.2 Å². The number of rotatable bonds is 6. The van der Waals surface area contributed by atoms with E-state index in [-0.39, 0.29) is 5.56 Å². The second-order valence-electron chi connectivity index (χ2n) is 6.98. The molecule has 1 amide bonds. The maximum Gasteiger partial charge on any atom is 0.331 e. The van der Waals surface area contributed by atoms with Crippen molar-refractivity contribution in [1.82, 2.24) is 9.13 Å². The first-order chi connectivity index (χ1) is 14.8. The van der Waals surface area contributed by atoms with Crippen LogP contribution in [0.15, 0.2) is 46.1 Å². The molecule has 0 saturated carbocycles. The maximum atomic E-state index is 12.0. The van der Waals surface area contributed by atoms with Crippen molar-refractivity contribution in [2.24, 2.45) is 14.1 Å². The van der Waals surface area contributed by atoms with Crippen LogP contribution in [-0.4, -0.2) is 53.9 Å². The summed E-state index contributed by atoms with van der Waals surface area (Å²) in [6, 6.07) is 7.37. The van der Waals surface area contributed by atoms with Gasteiger partial charge in [-0.15, -0.1) is 0 Å². The molecule has 0 atom stereocenters. The standard InChI is InChI=1S/C21H24N4O6/c1-23-13-15(20(28)24(2)21(23)29)3-8-19(27)31-14-18(26)22-16-4-6-17(7-5-16)25-9-11-30-12-10-25/h3-8,13H,9-12,14H2,1-2H3,(H,22,26)/b8-3+. The number of ether oxygens (including phenoxy) is 2. The minimum absolute atomic E-state index is 0.145. The molecule has 10 nitrogen and oxygen atoms in total. The van der Waals surface area contributed by atoms with E-state index >= 15 is 0 Å². The van der Waals surface area contributed by atoms with Crippen LogP contribution in [0.4, 0.5) is 11.4 Å². The van der Waals surface area contributed by atoms with Crippen LogP contribution in [0.2, 0.25) is 0 Å². The summed E-state index contributed by atoms with van der Waals surface area (Å²) in [5, 5.41) is 2.66. The number of carbonyl (C=O) groups is 2. The zero-order valence-corrected chi connectivity index (χ0v) is 17.4. The Balaban J connectivity index is 1.50. The number of hydrogen-bond acceptors (Lipinski definition) is 7. The molecular weight excluding hydrogens is 404 g/mol. The molecule has 1 saturated heterocycles. The van der Waals surface area contributed by atoms with Crippen LogP contribution in [0.5, 0.6) is 0 Å². The SMILES string of the molecule is Cn1cc(/C=C/C(=O)OCC(=O)Nc2ccc(N3CCOCC3)cc2)c(=O)n(C)c1=O. The van der Waals surface area contributed by atoms with Crippen LogP contribution in [0.3, 0.4) is 0 Å². The van der Waals surface area contributed by atoms with E-state index in [1.54, 1.807) is 12.1 Å². The molecule has 0 spiro atoms. The Morgan fingerprint density at radius 3 is 2.48 bits per heavy atom. The Kier molecular flexibility index (Phi) is 7.03. The quantitative estimate of drug-likeness (QED) is 0.514. The Bertz CT molecular complexity index is 1090. The number of aromatic nitrogens is 2. The average molecular weight is 428 g/mol. The second-order valence-corrected chi connectivity index (χ2v) is 6.98. The minimum atomic E-state index is -0.784. The lowest BCUT2D eigenvalue weighted by molar-refractivity contribution is -0.142. The number of nitrogens with one attached hydrogen (secondary N) is 1. The largest absolute Gasteiger partial charge is 0.452 e. The van der Waals surface area contributed by atoms with Crippen molar-refractivity contribution in [2.45, 2.75) is 0 Å². The molecule has 1 N–H and O–H groups in total. The Morgan fingerprint density at radius 1 is 1.13 bits per heavy atom. The molecule has 3 rings (SSSR count). The fourth-order valence-corrected chi connectivity index (χ4v) is 3.07. The highest BCUT2D eigenvalue weighted by Gasteiger charge is 2.12. The summed E-state index contributed by atoms with van der Waals surface area (Å²) in [5.41, 5.74) is 0.765. The first-order valence-electron chi connectivity index (χ1n) is 9.69. The van der Waals surface area contributed by atoms with Crippen molar-refractivity contribution in [1.29, 1.82) is 0 Å². The number of morpholine rings is 1. The van der Waals surface area contributed by atoms with Crippen LogP contribution in [0.25, 0.3) is 6.08 Å². The number of amides is 1. The molecular formula is C21H24N4O6. The Morgan fingerprint density at radius 2 is 1.81 bits per heavy atom. The van der Waals surface area contributed by atoms with E-state index < -0.39 is 29.7 Å². The summed E-state index contributed by atoms with van der Waals surface area (Å²) in [6.45, 7) is 2.55. The Labute approximate surface area is 178 Å². The van der Waals surface area contributed by atoms with Gasteiger partial charge in [0.1, 0.15) is 0 Å². The molecule has 0 unspecified atom stereocenters. The smallest absolute Gasteiger partial charge is 0.331 e. The predicted octanol–water partition coefficient (Wildman–Crippen LogP) is 0.116. The van der Waals surface area contributed by atoms with Crippen molar-refractivity contribution >= 4 is 29.3 Å². The van der Waals surface area contributed by atoms with Crippen molar-refractivity contribution < 1.29 is 19.1 Å². The van der Waals surface area contributed by atoms with Gasteiger partial charge in [0.15, 0.2) is 6.61 Å². The average Bonchev–Trinajstić information content (AvgIpc) is 2.79. The van der Waals surface area contributed by atoms with Gasteiger partial charge in [0.2, 0.25) is 0 Å². The summed E-state index contributed by atoms with van der Waals surface area (Å²) in [6.07, 6.45) is 3.60. The molecule has 1 aromatic heterocycles. The summed E-state index contributed by atoms with van der Waals surface area (Å²) in [7, 11) is 2.84. The molecule has 1 aromatic carbocycles. The number of hydrogen-bond donors (Lipinski definition) is 1. The summed E-state index contributed by atoms with van der Waals surface area (Å²) >= 11 is 0. The lowest BCUT2D eigenvalue weighted by Crippen LogP contribution is -2.37. The fourth-order valence-electron chi connectivity index (χ4n) is 3.07. The lowest BCUT2D eigenvalue weighted by Gasteiger charge is -2.28. The molecule has 0 aliphatic carbocycles. The van der Waals surface area contributed by atoms with E-state index in [4.69, 9.17) is 9.47 Å². The molecule has 2 heterocycles. The molecule has 1 aliphatic rings. The zero-order chi connectivity index (χ0) is 22.4. The molecule has 164 valence electrons. The van der Waals surface area contributed by atoms with Crippen molar-refractivity contribution in [3.63, 3.8) is 0 Å². The first-order valence-corrected chi connectivity index (χ1v) is 9.69. The van der Waals surface area contributed by atoms with Crippen LogP contribution in [0.1, 0.15) is 5.56 Å². The highest BCUT2D eigenvalue weighted by Crippen LogP contribution is 2.18.